The van der Waals surface area contributed by atoms with Crippen LogP contribution in [-0.4, -0.2) is 72.0 Å². The normalized spacial score (nSPS) is 19.9. The first kappa shape index (κ1) is 23.4. The second kappa shape index (κ2) is 9.62. The van der Waals surface area contributed by atoms with Crippen LogP contribution in [0.1, 0.15) is 30.4 Å². The molecule has 2 fully saturated rings. The van der Waals surface area contributed by atoms with Crippen molar-refractivity contribution in [2.24, 2.45) is 0 Å². The molecule has 4 rings (SSSR count). The minimum Gasteiger partial charge on any atom is -0.465 e. The van der Waals surface area contributed by atoms with E-state index in [0.29, 0.717) is 45.2 Å². The maximum absolute atomic E-state index is 12.9. The topological polar surface area (TPSA) is 109 Å². The Balaban J connectivity index is 1.48. The molecule has 0 spiro atoms. The molecule has 0 amide bonds. The summed E-state index contributed by atoms with van der Waals surface area (Å²) in [5.74, 6) is 1.45. The lowest BCUT2D eigenvalue weighted by atomic mass is 10.2. The zero-order valence-electron chi connectivity index (χ0n) is 18.1. The van der Waals surface area contributed by atoms with E-state index >= 15 is 0 Å². The zero-order valence-corrected chi connectivity index (χ0v) is 19.7. The molecule has 1 unspecified atom stereocenters. The first-order valence-electron chi connectivity index (χ1n) is 10.8. The molecule has 1 aromatic carbocycles. The average molecular weight is 484 g/mol. The van der Waals surface area contributed by atoms with E-state index in [4.69, 9.17) is 9.15 Å². The quantitative estimate of drug-likeness (QED) is 0.609. The Morgan fingerprint density at radius 2 is 1.53 bits per heavy atom. The largest absolute Gasteiger partial charge is 0.465 e. The SMILES string of the molecule is Cc1ccc(C(CNS(=O)(=O)c2ccc(S(=O)(=O)N3CCCC3)cc2)N2CCOCC2)o1. The van der Waals surface area contributed by atoms with Gasteiger partial charge in [-0.1, -0.05) is 0 Å². The van der Waals surface area contributed by atoms with Crippen LogP contribution in [0.3, 0.4) is 0 Å². The molecular weight excluding hydrogens is 454 g/mol. The molecule has 176 valence electrons. The van der Waals surface area contributed by atoms with E-state index in [1.165, 1.54) is 28.6 Å². The number of morpholine rings is 1. The molecule has 0 bridgehead atoms. The molecule has 0 radical (unpaired) electrons. The fraction of sp³-hybridized carbons (Fsp3) is 0.524. The second-order valence-corrected chi connectivity index (χ2v) is 11.8. The minimum absolute atomic E-state index is 0.0224. The highest BCUT2D eigenvalue weighted by molar-refractivity contribution is 7.89. The molecule has 11 heteroatoms. The molecule has 1 N–H and O–H groups in total. The van der Waals surface area contributed by atoms with Crippen molar-refractivity contribution < 1.29 is 26.0 Å². The van der Waals surface area contributed by atoms with Crippen LogP contribution in [0.5, 0.6) is 0 Å². The van der Waals surface area contributed by atoms with Gasteiger partial charge >= 0.3 is 0 Å². The van der Waals surface area contributed by atoms with Gasteiger partial charge in [-0.15, -0.1) is 0 Å². The molecule has 2 aliphatic rings. The van der Waals surface area contributed by atoms with E-state index in [1.54, 1.807) is 0 Å². The Hall–Kier alpha value is -1.76. The standard InChI is InChI=1S/C21H29N3O6S2/c1-17-4-9-21(30-17)20(23-12-14-29-15-13-23)16-22-31(25,26)18-5-7-19(8-6-18)32(27,28)24-10-2-3-11-24/h4-9,20,22H,2-3,10-16H2,1H3. The molecule has 32 heavy (non-hydrogen) atoms. The molecule has 0 aliphatic carbocycles. The summed E-state index contributed by atoms with van der Waals surface area (Å²) in [6.45, 7) is 5.49. The summed E-state index contributed by atoms with van der Waals surface area (Å²) < 4.78 is 66.5. The van der Waals surface area contributed by atoms with Crippen LogP contribution >= 0.6 is 0 Å². The molecule has 0 saturated carbocycles. The van der Waals surface area contributed by atoms with Crippen molar-refractivity contribution in [3.05, 3.63) is 47.9 Å². The monoisotopic (exact) mass is 483 g/mol. The van der Waals surface area contributed by atoms with Crippen LogP contribution < -0.4 is 4.72 Å². The second-order valence-electron chi connectivity index (χ2n) is 8.05. The van der Waals surface area contributed by atoms with Gasteiger partial charge in [0.15, 0.2) is 0 Å². The van der Waals surface area contributed by atoms with Crippen LogP contribution in [0.15, 0.2) is 50.6 Å². The Kier molecular flexibility index (Phi) is 7.03. The highest BCUT2D eigenvalue weighted by atomic mass is 32.2. The predicted molar refractivity (Wildman–Crippen MR) is 118 cm³/mol. The van der Waals surface area contributed by atoms with Crippen molar-refractivity contribution in [2.75, 3.05) is 45.9 Å². The van der Waals surface area contributed by atoms with Crippen LogP contribution in [0, 0.1) is 6.92 Å². The average Bonchev–Trinajstić information content (AvgIpc) is 3.47. The molecule has 9 nitrogen and oxygen atoms in total. The number of nitrogens with one attached hydrogen (secondary N) is 1. The minimum atomic E-state index is -3.83. The third kappa shape index (κ3) is 5.08. The first-order valence-corrected chi connectivity index (χ1v) is 13.7. The van der Waals surface area contributed by atoms with Gasteiger partial charge in [-0.25, -0.2) is 21.6 Å². The molecule has 2 aromatic rings. The molecule has 3 heterocycles. The third-order valence-electron chi connectivity index (χ3n) is 5.88. The highest BCUT2D eigenvalue weighted by Crippen LogP contribution is 2.25. The number of ether oxygens (including phenoxy) is 1. The Bertz CT molecular complexity index is 1120. The third-order valence-corrected chi connectivity index (χ3v) is 9.23. The van der Waals surface area contributed by atoms with E-state index in [1.807, 2.05) is 19.1 Å². The van der Waals surface area contributed by atoms with Gasteiger partial charge in [-0.2, -0.15) is 4.31 Å². The van der Waals surface area contributed by atoms with Gasteiger partial charge in [0, 0.05) is 32.7 Å². The van der Waals surface area contributed by atoms with Gasteiger partial charge in [-0.3, -0.25) is 4.90 Å². The summed E-state index contributed by atoms with van der Waals surface area (Å²) in [5, 5.41) is 0. The summed E-state index contributed by atoms with van der Waals surface area (Å²) in [4.78, 5) is 2.26. The summed E-state index contributed by atoms with van der Waals surface area (Å²) in [5.41, 5.74) is 0. The number of sulfonamides is 2. The molecule has 1 atom stereocenters. The Morgan fingerprint density at radius 3 is 2.12 bits per heavy atom. The van der Waals surface area contributed by atoms with Gasteiger partial charge in [0.1, 0.15) is 11.5 Å². The van der Waals surface area contributed by atoms with Crippen molar-refractivity contribution in [1.29, 1.82) is 0 Å². The summed E-state index contributed by atoms with van der Waals surface area (Å²) >= 11 is 0. The number of furan rings is 1. The van der Waals surface area contributed by atoms with Gasteiger partial charge in [0.25, 0.3) is 0 Å². The van der Waals surface area contributed by atoms with E-state index in [2.05, 4.69) is 9.62 Å². The van der Waals surface area contributed by atoms with E-state index in [0.717, 1.165) is 18.6 Å². The number of hydrogen-bond donors (Lipinski definition) is 1. The van der Waals surface area contributed by atoms with Gasteiger partial charge in [-0.05, 0) is 56.2 Å². The number of rotatable bonds is 8. The van der Waals surface area contributed by atoms with E-state index in [9.17, 15) is 16.8 Å². The van der Waals surface area contributed by atoms with Crippen LogP contribution in [0.25, 0.3) is 0 Å². The molecular formula is C21H29N3O6S2. The zero-order chi connectivity index (χ0) is 22.8. The van der Waals surface area contributed by atoms with Crippen molar-refractivity contribution in [3.63, 3.8) is 0 Å². The number of aryl methyl sites for hydroxylation is 1. The molecule has 2 saturated heterocycles. The van der Waals surface area contributed by atoms with E-state index < -0.39 is 20.0 Å². The highest BCUT2D eigenvalue weighted by Gasteiger charge is 2.29. The van der Waals surface area contributed by atoms with Crippen LogP contribution in [0.2, 0.25) is 0 Å². The van der Waals surface area contributed by atoms with Crippen LogP contribution in [0.4, 0.5) is 0 Å². The number of nitrogens with zero attached hydrogens (tertiary/aromatic N) is 2. The smallest absolute Gasteiger partial charge is 0.243 e. The predicted octanol–water partition coefficient (Wildman–Crippen LogP) is 1.72. The lowest BCUT2D eigenvalue weighted by Gasteiger charge is -2.33. The van der Waals surface area contributed by atoms with Crippen molar-refractivity contribution in [2.45, 2.75) is 35.6 Å². The summed E-state index contributed by atoms with van der Waals surface area (Å²) in [6.07, 6.45) is 1.68. The van der Waals surface area contributed by atoms with E-state index in [-0.39, 0.29) is 22.4 Å². The van der Waals surface area contributed by atoms with Crippen molar-refractivity contribution in [3.8, 4) is 0 Å². The Morgan fingerprint density at radius 1 is 0.906 bits per heavy atom. The fourth-order valence-corrected chi connectivity index (χ4v) is 6.63. The molecule has 1 aromatic heterocycles. The van der Waals surface area contributed by atoms with Gasteiger partial charge in [0.05, 0.1) is 29.0 Å². The first-order chi connectivity index (χ1) is 15.3. The number of hydrogen-bond acceptors (Lipinski definition) is 7. The molecule has 2 aliphatic heterocycles. The van der Waals surface area contributed by atoms with Crippen molar-refractivity contribution in [1.82, 2.24) is 13.9 Å². The van der Waals surface area contributed by atoms with Crippen molar-refractivity contribution >= 4 is 20.0 Å². The summed E-state index contributed by atoms with van der Waals surface area (Å²) in [6, 6.07) is 8.85. The fourth-order valence-electron chi connectivity index (χ4n) is 4.07. The summed E-state index contributed by atoms with van der Waals surface area (Å²) in [7, 11) is -7.42. The maximum atomic E-state index is 12.9. The Labute approximate surface area is 189 Å². The maximum Gasteiger partial charge on any atom is 0.243 e. The lowest BCUT2D eigenvalue weighted by Crippen LogP contribution is -2.43. The van der Waals surface area contributed by atoms with Gasteiger partial charge < -0.3 is 9.15 Å². The lowest BCUT2D eigenvalue weighted by molar-refractivity contribution is 0.0127. The van der Waals surface area contributed by atoms with Gasteiger partial charge in [0.2, 0.25) is 20.0 Å². The number of benzene rings is 1. The van der Waals surface area contributed by atoms with Crippen LogP contribution in [-0.2, 0) is 24.8 Å².